The second-order valence-corrected chi connectivity index (χ2v) is 6.48. The van der Waals surface area contributed by atoms with Crippen molar-refractivity contribution < 1.29 is 19.2 Å². The van der Waals surface area contributed by atoms with E-state index in [-0.39, 0.29) is 23.4 Å². The van der Waals surface area contributed by atoms with Gasteiger partial charge in [-0.1, -0.05) is 6.92 Å². The zero-order chi connectivity index (χ0) is 20.1. The van der Waals surface area contributed by atoms with Crippen molar-refractivity contribution in [1.29, 1.82) is 0 Å². The van der Waals surface area contributed by atoms with Gasteiger partial charge in [-0.3, -0.25) is 10.1 Å². The summed E-state index contributed by atoms with van der Waals surface area (Å²) in [6, 6.07) is 6.32. The lowest BCUT2D eigenvalue weighted by Gasteiger charge is -2.35. The molecule has 1 saturated heterocycles. The maximum atomic E-state index is 11.8. The third-order valence-electron chi connectivity index (χ3n) is 4.81. The monoisotopic (exact) mass is 386 g/mol. The van der Waals surface area contributed by atoms with Crippen LogP contribution in [0.3, 0.4) is 0 Å². The number of hydrogen-bond acceptors (Lipinski definition) is 8. The van der Waals surface area contributed by atoms with E-state index < -0.39 is 10.9 Å². The highest BCUT2D eigenvalue weighted by molar-refractivity contribution is 5.89. The minimum Gasteiger partial charge on any atom is -0.465 e. The number of nitrogens with zero attached hydrogens (tertiary/aromatic N) is 4. The van der Waals surface area contributed by atoms with Gasteiger partial charge >= 0.3 is 17.5 Å². The van der Waals surface area contributed by atoms with Crippen LogP contribution in [0.1, 0.15) is 43.0 Å². The van der Waals surface area contributed by atoms with E-state index in [1.807, 2.05) is 4.90 Å². The summed E-state index contributed by atoms with van der Waals surface area (Å²) in [5.41, 5.74) is 0.103. The van der Waals surface area contributed by atoms with E-state index in [9.17, 15) is 14.9 Å². The normalized spacial score (nSPS) is 16.5. The third kappa shape index (κ3) is 4.03. The van der Waals surface area contributed by atoms with Crippen LogP contribution >= 0.6 is 0 Å². The van der Waals surface area contributed by atoms with Crippen molar-refractivity contribution in [3.8, 4) is 11.6 Å². The Hall–Kier alpha value is -3.23. The Bertz CT molecular complexity index is 856. The number of anilines is 1. The molecule has 1 unspecified atom stereocenters. The fourth-order valence-electron chi connectivity index (χ4n) is 3.39. The summed E-state index contributed by atoms with van der Waals surface area (Å²) < 4.78 is 10.3. The van der Waals surface area contributed by atoms with E-state index in [2.05, 4.69) is 21.6 Å². The molecule has 2 heterocycles. The molecule has 148 valence electrons. The quantitative estimate of drug-likeness (QED) is 0.420. The van der Waals surface area contributed by atoms with E-state index in [1.54, 1.807) is 0 Å². The molecule has 1 aromatic heterocycles. The molecule has 0 radical (unpaired) electrons. The van der Waals surface area contributed by atoms with Gasteiger partial charge in [0.2, 0.25) is 5.82 Å². The highest BCUT2D eigenvalue weighted by atomic mass is 16.6. The van der Waals surface area contributed by atoms with Gasteiger partial charge < -0.3 is 14.4 Å². The van der Waals surface area contributed by atoms with Gasteiger partial charge in [0.15, 0.2) is 0 Å². The highest BCUT2D eigenvalue weighted by Gasteiger charge is 2.32. The van der Waals surface area contributed by atoms with Gasteiger partial charge in [0.1, 0.15) is 12.1 Å². The summed E-state index contributed by atoms with van der Waals surface area (Å²) in [7, 11) is 1.29. The topological polar surface area (TPSA) is 108 Å². The molecule has 9 heteroatoms. The van der Waals surface area contributed by atoms with Crippen LogP contribution in [-0.4, -0.2) is 40.6 Å². The summed E-state index contributed by atoms with van der Waals surface area (Å²) in [5, 5.41) is 11.8. The minimum absolute atomic E-state index is 0.124. The first kappa shape index (κ1) is 19.5. The molecule has 1 atom stereocenters. The van der Waals surface area contributed by atoms with Gasteiger partial charge in [0, 0.05) is 12.6 Å². The molecule has 1 aliphatic rings. The molecular formula is C19H22N4O5. The van der Waals surface area contributed by atoms with Crippen molar-refractivity contribution in [3.63, 3.8) is 0 Å². The number of methoxy groups -OCH3 is 1. The Morgan fingerprint density at radius 1 is 1.29 bits per heavy atom. The van der Waals surface area contributed by atoms with Gasteiger partial charge in [0.25, 0.3) is 0 Å². The van der Waals surface area contributed by atoms with Crippen molar-refractivity contribution in [1.82, 2.24) is 9.97 Å². The van der Waals surface area contributed by atoms with Crippen molar-refractivity contribution in [2.45, 2.75) is 38.6 Å². The number of benzene rings is 1. The molecule has 0 aliphatic carbocycles. The number of aromatic nitrogens is 2. The smallest absolute Gasteiger partial charge is 0.373 e. The van der Waals surface area contributed by atoms with E-state index in [4.69, 9.17) is 4.74 Å². The lowest BCUT2D eigenvalue weighted by molar-refractivity contribution is -0.385. The molecule has 9 nitrogen and oxygen atoms in total. The predicted octanol–water partition coefficient (Wildman–Crippen LogP) is 3.73. The average molecular weight is 386 g/mol. The van der Waals surface area contributed by atoms with Crippen molar-refractivity contribution in [2.75, 3.05) is 18.6 Å². The van der Waals surface area contributed by atoms with Crippen LogP contribution < -0.4 is 9.64 Å². The second-order valence-electron chi connectivity index (χ2n) is 6.48. The average Bonchev–Trinajstić information content (AvgIpc) is 2.73. The Balaban J connectivity index is 1.93. The standard InChI is InChI=1S/C19H22N4O5/c1-3-14-6-4-5-11-22(14)17-16(23(25)26)18(21-12-20-17)28-15-9-7-13(8-10-15)19(24)27-2/h7-10,12,14H,3-6,11H2,1-2H3. The maximum Gasteiger partial charge on any atom is 0.373 e. The first-order chi connectivity index (χ1) is 13.5. The number of carbonyl (C=O) groups is 1. The minimum atomic E-state index is -0.505. The number of ether oxygens (including phenoxy) is 2. The van der Waals surface area contributed by atoms with Crippen LogP contribution in [0.25, 0.3) is 0 Å². The molecule has 1 fully saturated rings. The Morgan fingerprint density at radius 2 is 2.04 bits per heavy atom. The second kappa shape index (κ2) is 8.64. The van der Waals surface area contributed by atoms with E-state index in [0.717, 1.165) is 25.7 Å². The molecular weight excluding hydrogens is 364 g/mol. The summed E-state index contributed by atoms with van der Waals surface area (Å²) in [6.45, 7) is 2.78. The fourth-order valence-corrected chi connectivity index (χ4v) is 3.39. The zero-order valence-electron chi connectivity index (χ0n) is 15.8. The highest BCUT2D eigenvalue weighted by Crippen LogP contribution is 2.38. The van der Waals surface area contributed by atoms with Gasteiger partial charge in [0.05, 0.1) is 17.6 Å². The van der Waals surface area contributed by atoms with Gasteiger partial charge in [-0.25, -0.2) is 9.78 Å². The maximum absolute atomic E-state index is 11.8. The van der Waals surface area contributed by atoms with Gasteiger partial charge in [-0.05, 0) is 49.9 Å². The summed E-state index contributed by atoms with van der Waals surface area (Å²) >= 11 is 0. The van der Waals surface area contributed by atoms with Crippen LogP contribution in [0.2, 0.25) is 0 Å². The first-order valence-electron chi connectivity index (χ1n) is 9.17. The molecule has 0 amide bonds. The summed E-state index contributed by atoms with van der Waals surface area (Å²) in [6.07, 6.45) is 5.20. The predicted molar refractivity (Wildman–Crippen MR) is 102 cm³/mol. The van der Waals surface area contributed by atoms with Crippen LogP contribution in [-0.2, 0) is 4.74 Å². The van der Waals surface area contributed by atoms with Crippen LogP contribution in [0.4, 0.5) is 11.5 Å². The first-order valence-corrected chi connectivity index (χ1v) is 9.17. The van der Waals surface area contributed by atoms with Gasteiger partial charge in [-0.2, -0.15) is 4.98 Å². The van der Waals surface area contributed by atoms with Crippen molar-refractivity contribution in [3.05, 3.63) is 46.3 Å². The molecule has 0 N–H and O–H groups in total. The number of rotatable bonds is 6. The van der Waals surface area contributed by atoms with E-state index in [1.165, 1.54) is 37.7 Å². The van der Waals surface area contributed by atoms with Crippen LogP contribution in [0.15, 0.2) is 30.6 Å². The fraction of sp³-hybridized carbons (Fsp3) is 0.421. The Morgan fingerprint density at radius 3 is 2.68 bits per heavy atom. The van der Waals surface area contributed by atoms with E-state index >= 15 is 0 Å². The molecule has 0 bridgehead atoms. The Labute approximate surface area is 162 Å². The zero-order valence-corrected chi connectivity index (χ0v) is 15.8. The molecule has 0 spiro atoms. The number of nitro groups is 1. The molecule has 1 aromatic carbocycles. The lowest BCUT2D eigenvalue weighted by Crippen LogP contribution is -2.40. The number of carbonyl (C=O) groups excluding carboxylic acids is 1. The summed E-state index contributed by atoms with van der Waals surface area (Å²) in [5.74, 6) is 0.0117. The van der Waals surface area contributed by atoms with Crippen LogP contribution in [0.5, 0.6) is 11.6 Å². The van der Waals surface area contributed by atoms with Crippen molar-refractivity contribution in [2.24, 2.45) is 0 Å². The largest absolute Gasteiger partial charge is 0.465 e. The van der Waals surface area contributed by atoms with E-state index in [0.29, 0.717) is 17.9 Å². The van der Waals surface area contributed by atoms with Gasteiger partial charge in [-0.15, -0.1) is 0 Å². The Kier molecular flexibility index (Phi) is 6.03. The molecule has 1 aliphatic heterocycles. The lowest BCUT2D eigenvalue weighted by atomic mass is 10.00. The number of piperidine rings is 1. The van der Waals surface area contributed by atoms with Crippen molar-refractivity contribution >= 4 is 17.5 Å². The third-order valence-corrected chi connectivity index (χ3v) is 4.81. The number of esters is 1. The molecule has 2 aromatic rings. The van der Waals surface area contributed by atoms with Crippen LogP contribution in [0, 0.1) is 10.1 Å². The SMILES string of the molecule is CCC1CCCCN1c1ncnc(Oc2ccc(C(=O)OC)cc2)c1[N+](=O)[O-]. The summed E-state index contributed by atoms with van der Waals surface area (Å²) in [4.78, 5) is 33.0. The molecule has 3 rings (SSSR count). The number of hydrogen-bond donors (Lipinski definition) is 0. The molecule has 28 heavy (non-hydrogen) atoms. The molecule has 0 saturated carbocycles.